The van der Waals surface area contributed by atoms with Crippen LogP contribution in [-0.4, -0.2) is 61.6 Å². The van der Waals surface area contributed by atoms with Crippen LogP contribution >= 0.6 is 7.75 Å². The number of anilines is 1. The number of carbonyl (C=O) groups is 1. The molecule has 1 aliphatic heterocycles. The maximum absolute atomic E-state index is 13.7. The van der Waals surface area contributed by atoms with Gasteiger partial charge in [-0.1, -0.05) is 24.1 Å². The van der Waals surface area contributed by atoms with Gasteiger partial charge in [-0.2, -0.15) is 5.09 Å². The van der Waals surface area contributed by atoms with Crippen LogP contribution in [0.25, 0.3) is 11.2 Å². The maximum atomic E-state index is 13.7. The molecule has 4 rings (SSSR count). The van der Waals surface area contributed by atoms with Crippen LogP contribution in [0.4, 0.5) is 5.82 Å². The molecule has 3 aromatic rings. The van der Waals surface area contributed by atoms with Gasteiger partial charge in [0.05, 0.1) is 12.9 Å². The Kier molecular flexibility index (Phi) is 7.77. The van der Waals surface area contributed by atoms with Crippen molar-refractivity contribution in [2.75, 3.05) is 18.9 Å². The number of para-hydroxylation sites is 1. The van der Waals surface area contributed by atoms with Crippen LogP contribution < -0.4 is 15.3 Å². The van der Waals surface area contributed by atoms with E-state index in [0.29, 0.717) is 11.2 Å². The lowest BCUT2D eigenvalue weighted by Gasteiger charge is -2.29. The van der Waals surface area contributed by atoms with Crippen LogP contribution in [-0.2, 0) is 23.4 Å². The molecule has 0 spiro atoms. The molecule has 13 nitrogen and oxygen atoms in total. The highest BCUT2D eigenvalue weighted by Gasteiger charge is 2.50. The molecule has 5 atom stereocenters. The van der Waals surface area contributed by atoms with E-state index in [1.54, 1.807) is 41.8 Å². The smallest absolute Gasteiger partial charge is 0.459 e. The zero-order chi connectivity index (χ0) is 26.6. The Hall–Kier alpha value is -3.53. The number of imidazole rings is 1. The number of nitrogens with zero attached hydrogens (tertiary/aromatic N) is 4. The molecule has 4 N–H and O–H groups in total. The number of terminal acetylenes is 1. The predicted octanol–water partition coefficient (Wildman–Crippen LogP) is 1.81. The molecule has 1 aromatic carbocycles. The molecule has 1 aliphatic rings. The highest BCUT2D eigenvalue weighted by molar-refractivity contribution is 7.52. The van der Waals surface area contributed by atoms with Crippen molar-refractivity contribution < 1.29 is 33.0 Å². The molecule has 0 radical (unpaired) electrons. The first-order valence-corrected chi connectivity index (χ1v) is 12.9. The number of aliphatic hydroxyl groups is 1. The summed E-state index contributed by atoms with van der Waals surface area (Å²) in [5.41, 5.74) is 4.91. The number of aliphatic hydroxyl groups excluding tert-OH is 1. The molecule has 196 valence electrons. The molecule has 1 fully saturated rings. The average Bonchev–Trinajstić information content (AvgIpc) is 3.45. The van der Waals surface area contributed by atoms with Crippen molar-refractivity contribution in [1.82, 2.24) is 24.6 Å². The minimum Gasteiger partial charge on any atom is -0.465 e. The minimum absolute atomic E-state index is 0.0550. The van der Waals surface area contributed by atoms with Gasteiger partial charge < -0.3 is 24.8 Å². The Bertz CT molecular complexity index is 1350. The third-order valence-electron chi connectivity index (χ3n) is 5.66. The Morgan fingerprint density at radius 3 is 2.86 bits per heavy atom. The molecule has 0 amide bonds. The van der Waals surface area contributed by atoms with E-state index in [9.17, 15) is 14.5 Å². The lowest BCUT2D eigenvalue weighted by Crippen LogP contribution is -2.43. The van der Waals surface area contributed by atoms with Crippen LogP contribution in [0.5, 0.6) is 5.75 Å². The van der Waals surface area contributed by atoms with Gasteiger partial charge in [-0.05, 0) is 26.0 Å². The highest BCUT2D eigenvalue weighted by atomic mass is 31.2. The lowest BCUT2D eigenvalue weighted by molar-refractivity contribution is -0.144. The minimum atomic E-state index is -4.23. The second-order valence-corrected chi connectivity index (χ2v) is 9.91. The second-order valence-electron chi connectivity index (χ2n) is 8.22. The van der Waals surface area contributed by atoms with E-state index < -0.39 is 44.3 Å². The van der Waals surface area contributed by atoms with Gasteiger partial charge in [0.1, 0.15) is 42.6 Å². The van der Waals surface area contributed by atoms with E-state index in [1.807, 2.05) is 0 Å². The summed E-state index contributed by atoms with van der Waals surface area (Å²) in [6, 6.07) is 7.20. The summed E-state index contributed by atoms with van der Waals surface area (Å²) >= 11 is 0. The molecule has 2 aromatic heterocycles. The zero-order valence-corrected chi connectivity index (χ0v) is 21.1. The Labute approximate surface area is 212 Å². The van der Waals surface area contributed by atoms with Gasteiger partial charge in [0.2, 0.25) is 0 Å². The zero-order valence-electron chi connectivity index (χ0n) is 20.2. The van der Waals surface area contributed by atoms with Crippen molar-refractivity contribution in [2.24, 2.45) is 0 Å². The molecule has 0 saturated carbocycles. The first-order chi connectivity index (χ1) is 17.7. The molecule has 0 bridgehead atoms. The summed E-state index contributed by atoms with van der Waals surface area (Å²) in [5, 5.41) is 13.5. The van der Waals surface area contributed by atoms with Crippen LogP contribution in [0.2, 0.25) is 0 Å². The molecule has 0 unspecified atom stereocenters. The average molecular weight is 530 g/mol. The van der Waals surface area contributed by atoms with E-state index in [1.165, 1.54) is 19.6 Å². The lowest BCUT2D eigenvalue weighted by atomic mass is 9.99. The number of hydrogen-bond acceptors (Lipinski definition) is 11. The van der Waals surface area contributed by atoms with Crippen LogP contribution in [0.15, 0.2) is 43.0 Å². The number of carbonyl (C=O) groups excluding carboxylic acids is 1. The fraction of sp³-hybridized carbons (Fsp3) is 0.391. The standard InChI is InChI=1S/C23H27N6O7P/c1-4-23(17(30)11-18(35-23)29-14-27-19-20(24)25-13-26-21(19)29)12-34-37(32,28-15(3)22(31)33-5-2)36-16-9-7-6-8-10-16/h1,6-10,13-15,17-18,30H,5,11-12H2,2-3H3,(H,28,32)(H2,24,25,26)/t15-,17-,18+,23+,37+/m0/s1. The van der Waals surface area contributed by atoms with E-state index in [4.69, 9.17) is 30.7 Å². The van der Waals surface area contributed by atoms with Crippen molar-refractivity contribution in [3.63, 3.8) is 0 Å². The van der Waals surface area contributed by atoms with Crippen molar-refractivity contribution in [3.05, 3.63) is 43.0 Å². The number of ether oxygens (including phenoxy) is 2. The van der Waals surface area contributed by atoms with E-state index in [-0.39, 0.29) is 24.6 Å². The second kappa shape index (κ2) is 10.8. The molecule has 37 heavy (non-hydrogen) atoms. The first kappa shape index (κ1) is 26.5. The number of benzene rings is 1. The molecule has 0 aliphatic carbocycles. The fourth-order valence-corrected chi connectivity index (χ4v) is 5.27. The highest BCUT2D eigenvalue weighted by Crippen LogP contribution is 2.48. The summed E-state index contributed by atoms with van der Waals surface area (Å²) in [7, 11) is -4.23. The monoisotopic (exact) mass is 530 g/mol. The molecule has 3 heterocycles. The van der Waals surface area contributed by atoms with Crippen LogP contribution in [0, 0.1) is 12.3 Å². The number of nitrogens with one attached hydrogen (secondary N) is 1. The largest absolute Gasteiger partial charge is 0.465 e. The molecule has 14 heteroatoms. The third kappa shape index (κ3) is 5.58. The van der Waals surface area contributed by atoms with Gasteiger partial charge in [0.15, 0.2) is 17.1 Å². The number of hydrogen-bond donors (Lipinski definition) is 3. The van der Waals surface area contributed by atoms with E-state index in [2.05, 4.69) is 26.0 Å². The number of aromatic nitrogens is 4. The number of esters is 1. The summed E-state index contributed by atoms with van der Waals surface area (Å²) in [4.78, 5) is 24.5. The number of rotatable bonds is 10. The Morgan fingerprint density at radius 1 is 1.41 bits per heavy atom. The first-order valence-electron chi connectivity index (χ1n) is 11.4. The van der Waals surface area contributed by atoms with Crippen molar-refractivity contribution >= 4 is 30.7 Å². The predicted molar refractivity (Wildman–Crippen MR) is 132 cm³/mol. The summed E-state index contributed by atoms with van der Waals surface area (Å²) < 4.78 is 37.6. The number of nitrogens with two attached hydrogens (primary N) is 1. The molecule has 1 saturated heterocycles. The van der Waals surface area contributed by atoms with Crippen molar-refractivity contribution in [3.8, 4) is 18.1 Å². The normalized spacial score (nSPS) is 23.7. The van der Waals surface area contributed by atoms with Crippen molar-refractivity contribution in [2.45, 2.75) is 44.2 Å². The Balaban J connectivity index is 1.56. The Morgan fingerprint density at radius 2 is 2.16 bits per heavy atom. The summed E-state index contributed by atoms with van der Waals surface area (Å²) in [6.45, 7) is 2.71. The topological polar surface area (TPSA) is 173 Å². The number of nitrogen functional groups attached to an aromatic ring is 1. The van der Waals surface area contributed by atoms with Gasteiger partial charge in [-0.3, -0.25) is 13.9 Å². The van der Waals surface area contributed by atoms with E-state index >= 15 is 0 Å². The molecular formula is C23H27N6O7P. The van der Waals surface area contributed by atoms with Crippen molar-refractivity contribution in [1.29, 1.82) is 0 Å². The van der Waals surface area contributed by atoms with Crippen LogP contribution in [0.1, 0.15) is 26.5 Å². The summed E-state index contributed by atoms with van der Waals surface area (Å²) in [5.74, 6) is 2.18. The van der Waals surface area contributed by atoms with E-state index in [0.717, 1.165) is 0 Å². The van der Waals surface area contributed by atoms with Gasteiger partial charge in [0.25, 0.3) is 0 Å². The maximum Gasteiger partial charge on any atom is 0.459 e. The van der Waals surface area contributed by atoms with Gasteiger partial charge in [0, 0.05) is 6.42 Å². The van der Waals surface area contributed by atoms with Gasteiger partial charge in [-0.15, -0.1) is 6.42 Å². The fourth-order valence-electron chi connectivity index (χ4n) is 3.75. The quantitative estimate of drug-likeness (QED) is 0.197. The molecular weight excluding hydrogens is 503 g/mol. The number of fused-ring (bicyclic) bond motifs is 1. The summed E-state index contributed by atoms with van der Waals surface area (Å²) in [6.07, 6.45) is 6.56. The van der Waals surface area contributed by atoms with Gasteiger partial charge >= 0.3 is 13.7 Å². The van der Waals surface area contributed by atoms with Gasteiger partial charge in [-0.25, -0.2) is 19.5 Å². The third-order valence-corrected chi connectivity index (χ3v) is 7.28. The van der Waals surface area contributed by atoms with Crippen LogP contribution in [0.3, 0.4) is 0 Å². The SMILES string of the molecule is C#C[C@]1(CO[P@](=O)(N[C@@H](C)C(=O)OCC)Oc2ccccc2)O[C@@H](n2cnc3c(N)ncnc32)C[C@@H]1O.